The van der Waals surface area contributed by atoms with Gasteiger partial charge in [-0.2, -0.15) is 0 Å². The van der Waals surface area contributed by atoms with Gasteiger partial charge >= 0.3 is 6.09 Å². The second kappa shape index (κ2) is 5.37. The van der Waals surface area contributed by atoms with Crippen molar-refractivity contribution in [3.8, 4) is 5.75 Å². The largest absolute Gasteiger partial charge is 0.490 e. The predicted molar refractivity (Wildman–Crippen MR) is 92.8 cm³/mol. The van der Waals surface area contributed by atoms with E-state index in [0.717, 1.165) is 49.1 Å². The summed E-state index contributed by atoms with van der Waals surface area (Å²) in [6.45, 7) is 3.02. The molecule has 1 N–H and O–H groups in total. The van der Waals surface area contributed by atoms with Crippen molar-refractivity contribution in [1.29, 1.82) is 0 Å². The third-order valence-corrected chi connectivity index (χ3v) is 6.59. The number of aliphatic hydroxyl groups is 1. The van der Waals surface area contributed by atoms with Gasteiger partial charge < -0.3 is 14.6 Å². The number of rotatable bonds is 1. The SMILES string of the molecule is Cc1ccc2c(c1)N(C(=O)OC1C3CC4CC1CC(O)(C4)C3)CCO2. The smallest absolute Gasteiger partial charge is 0.414 e. The summed E-state index contributed by atoms with van der Waals surface area (Å²) in [5, 5.41) is 10.7. The molecule has 5 nitrogen and oxygen atoms in total. The third-order valence-electron chi connectivity index (χ3n) is 6.59. The topological polar surface area (TPSA) is 59.0 Å². The summed E-state index contributed by atoms with van der Waals surface area (Å²) in [7, 11) is 0. The molecule has 1 aromatic rings. The predicted octanol–water partition coefficient (Wildman–Crippen LogP) is 3.27. The zero-order chi connectivity index (χ0) is 17.2. The molecule has 4 aliphatic carbocycles. The molecule has 5 heteroatoms. The Morgan fingerprint density at radius 1 is 1.28 bits per heavy atom. The Morgan fingerprint density at radius 3 is 2.76 bits per heavy atom. The van der Waals surface area contributed by atoms with Crippen LogP contribution in [0.3, 0.4) is 0 Å². The minimum atomic E-state index is -0.498. The van der Waals surface area contributed by atoms with Crippen molar-refractivity contribution in [3.63, 3.8) is 0 Å². The minimum absolute atomic E-state index is 0.0413. The van der Waals surface area contributed by atoms with Gasteiger partial charge in [0.1, 0.15) is 18.5 Å². The summed E-state index contributed by atoms with van der Waals surface area (Å²) < 4.78 is 11.7. The van der Waals surface area contributed by atoms with Gasteiger partial charge in [0.2, 0.25) is 0 Å². The molecule has 0 saturated heterocycles. The van der Waals surface area contributed by atoms with Crippen molar-refractivity contribution in [2.24, 2.45) is 17.8 Å². The first-order chi connectivity index (χ1) is 12.0. The molecule has 1 heterocycles. The average Bonchev–Trinajstić information content (AvgIpc) is 2.56. The van der Waals surface area contributed by atoms with Gasteiger partial charge in [0.25, 0.3) is 0 Å². The number of benzene rings is 1. The van der Waals surface area contributed by atoms with Crippen LogP contribution in [-0.4, -0.2) is 36.1 Å². The van der Waals surface area contributed by atoms with Crippen LogP contribution < -0.4 is 9.64 Å². The highest BCUT2D eigenvalue weighted by atomic mass is 16.6. The highest BCUT2D eigenvalue weighted by Crippen LogP contribution is 2.56. The molecule has 0 radical (unpaired) electrons. The first kappa shape index (κ1) is 15.5. The van der Waals surface area contributed by atoms with Gasteiger partial charge in [-0.3, -0.25) is 4.90 Å². The number of anilines is 1. The molecule has 5 aliphatic rings. The van der Waals surface area contributed by atoms with Gasteiger partial charge in [-0.1, -0.05) is 6.07 Å². The number of hydrogen-bond acceptors (Lipinski definition) is 4. The van der Waals surface area contributed by atoms with Crippen molar-refractivity contribution in [2.45, 2.75) is 50.7 Å². The van der Waals surface area contributed by atoms with Gasteiger partial charge in [-0.15, -0.1) is 0 Å². The summed E-state index contributed by atoms with van der Waals surface area (Å²) in [4.78, 5) is 14.6. The van der Waals surface area contributed by atoms with Crippen LogP contribution in [0.2, 0.25) is 0 Å². The second-order valence-electron chi connectivity index (χ2n) is 8.51. The van der Waals surface area contributed by atoms with E-state index in [4.69, 9.17) is 9.47 Å². The molecule has 0 aromatic heterocycles. The van der Waals surface area contributed by atoms with Gasteiger partial charge in [0, 0.05) is 0 Å². The van der Waals surface area contributed by atoms with Crippen LogP contribution in [0.1, 0.15) is 37.7 Å². The number of carbonyl (C=O) groups excluding carboxylic acids is 1. The maximum atomic E-state index is 12.9. The summed E-state index contributed by atoms with van der Waals surface area (Å²) >= 11 is 0. The summed E-state index contributed by atoms with van der Waals surface area (Å²) in [5.41, 5.74) is 1.40. The highest BCUT2D eigenvalue weighted by Gasteiger charge is 2.56. The molecule has 2 atom stereocenters. The molecule has 134 valence electrons. The van der Waals surface area contributed by atoms with Gasteiger partial charge in [0.05, 0.1) is 17.8 Å². The van der Waals surface area contributed by atoms with Crippen LogP contribution in [0.5, 0.6) is 5.75 Å². The fraction of sp³-hybridized carbons (Fsp3) is 0.650. The normalized spacial score (nSPS) is 38.2. The van der Waals surface area contributed by atoms with E-state index < -0.39 is 5.60 Å². The van der Waals surface area contributed by atoms with Crippen molar-refractivity contribution in [2.75, 3.05) is 18.1 Å². The Kier molecular flexibility index (Phi) is 3.33. The Morgan fingerprint density at radius 2 is 2.04 bits per heavy atom. The van der Waals surface area contributed by atoms with Crippen LogP contribution >= 0.6 is 0 Å². The van der Waals surface area contributed by atoms with E-state index in [0.29, 0.717) is 30.9 Å². The van der Waals surface area contributed by atoms with Crippen molar-refractivity contribution in [1.82, 2.24) is 0 Å². The first-order valence-electron chi connectivity index (χ1n) is 9.45. The number of nitrogens with zero attached hydrogens (tertiary/aromatic N) is 1. The van der Waals surface area contributed by atoms with E-state index in [9.17, 15) is 9.90 Å². The Labute approximate surface area is 147 Å². The molecule has 4 bridgehead atoms. The molecule has 4 fully saturated rings. The lowest BCUT2D eigenvalue weighted by Gasteiger charge is -2.57. The van der Waals surface area contributed by atoms with Gasteiger partial charge in [-0.05, 0) is 74.5 Å². The lowest BCUT2D eigenvalue weighted by atomic mass is 9.53. The number of aryl methyl sites for hydroxylation is 1. The lowest BCUT2D eigenvalue weighted by Crippen LogP contribution is -2.58. The van der Waals surface area contributed by atoms with Crippen molar-refractivity contribution < 1.29 is 19.4 Å². The molecule has 1 aliphatic heterocycles. The minimum Gasteiger partial charge on any atom is -0.490 e. The van der Waals surface area contributed by atoms with E-state index >= 15 is 0 Å². The molecule has 1 amide bonds. The zero-order valence-electron chi connectivity index (χ0n) is 14.6. The maximum Gasteiger partial charge on any atom is 0.414 e. The molecular formula is C20H25NO4. The summed E-state index contributed by atoms with van der Waals surface area (Å²) in [5.74, 6) is 1.99. The van der Waals surface area contributed by atoms with E-state index in [1.807, 2.05) is 25.1 Å². The Hall–Kier alpha value is -1.75. The molecule has 6 rings (SSSR count). The van der Waals surface area contributed by atoms with Crippen molar-refractivity contribution in [3.05, 3.63) is 23.8 Å². The summed E-state index contributed by atoms with van der Waals surface area (Å²) in [6.07, 6.45) is 4.40. The molecule has 25 heavy (non-hydrogen) atoms. The fourth-order valence-corrected chi connectivity index (χ4v) is 5.82. The van der Waals surface area contributed by atoms with E-state index in [2.05, 4.69) is 0 Å². The zero-order valence-corrected chi connectivity index (χ0v) is 14.6. The summed E-state index contributed by atoms with van der Waals surface area (Å²) in [6, 6.07) is 5.89. The van der Waals surface area contributed by atoms with E-state index in [1.165, 1.54) is 0 Å². The molecular weight excluding hydrogens is 318 g/mol. The maximum absolute atomic E-state index is 12.9. The number of amides is 1. The van der Waals surface area contributed by atoms with Crippen LogP contribution in [0.15, 0.2) is 18.2 Å². The molecule has 4 saturated carbocycles. The highest BCUT2D eigenvalue weighted by molar-refractivity contribution is 5.90. The number of hydrogen-bond donors (Lipinski definition) is 1. The number of carbonyl (C=O) groups is 1. The number of fused-ring (bicyclic) bond motifs is 1. The first-order valence-corrected chi connectivity index (χ1v) is 9.45. The van der Waals surface area contributed by atoms with Gasteiger partial charge in [0.15, 0.2) is 0 Å². The lowest BCUT2D eigenvalue weighted by molar-refractivity contribution is -0.175. The van der Waals surface area contributed by atoms with Crippen LogP contribution in [0.25, 0.3) is 0 Å². The van der Waals surface area contributed by atoms with Crippen LogP contribution in [0.4, 0.5) is 10.5 Å². The Bertz CT molecular complexity index is 702. The third kappa shape index (κ3) is 2.51. The van der Waals surface area contributed by atoms with Crippen molar-refractivity contribution >= 4 is 11.8 Å². The van der Waals surface area contributed by atoms with E-state index in [1.54, 1.807) is 4.90 Å². The molecule has 2 unspecified atom stereocenters. The van der Waals surface area contributed by atoms with Gasteiger partial charge in [-0.25, -0.2) is 4.79 Å². The van der Waals surface area contributed by atoms with Crippen LogP contribution in [0, 0.1) is 24.7 Å². The number of ether oxygens (including phenoxy) is 2. The molecule has 1 aromatic carbocycles. The fourth-order valence-electron chi connectivity index (χ4n) is 5.82. The molecule has 0 spiro atoms. The monoisotopic (exact) mass is 343 g/mol. The van der Waals surface area contributed by atoms with Crippen LogP contribution in [-0.2, 0) is 4.74 Å². The quantitative estimate of drug-likeness (QED) is 0.850. The van der Waals surface area contributed by atoms with E-state index in [-0.39, 0.29) is 12.2 Å². The average molecular weight is 343 g/mol. The Balaban J connectivity index is 1.36. The standard InChI is InChI=1S/C20H25NO4/c1-12-2-3-17-16(6-12)21(4-5-24-17)19(22)25-18-14-7-13-8-15(18)11-20(23,9-13)10-14/h2-3,6,13-15,18,23H,4-5,7-11H2,1H3. The second-order valence-corrected chi connectivity index (χ2v) is 8.51.